The fraction of sp³-hybridized carbons (Fsp3) is 0.167. The van der Waals surface area contributed by atoms with Crippen LogP contribution in [0.15, 0.2) is 28.7 Å². The van der Waals surface area contributed by atoms with Gasteiger partial charge in [0, 0.05) is 17.5 Å². The third-order valence-electron chi connectivity index (χ3n) is 2.32. The van der Waals surface area contributed by atoms with E-state index in [2.05, 4.69) is 31.3 Å². The lowest BCUT2D eigenvalue weighted by Gasteiger charge is -2.09. The van der Waals surface area contributed by atoms with Gasteiger partial charge < -0.3 is 10.2 Å². The van der Waals surface area contributed by atoms with Gasteiger partial charge in [-0.25, -0.2) is 10.8 Å². The number of rotatable bonds is 4. The summed E-state index contributed by atoms with van der Waals surface area (Å²) >= 11 is 9.26. The molecular weight excluding hydrogens is 332 g/mol. The molecular formula is C12H12BrClN4O. The average Bonchev–Trinajstić information content (AvgIpc) is 2.41. The minimum atomic E-state index is 0.419. The molecule has 1 heterocycles. The van der Waals surface area contributed by atoms with Crippen molar-refractivity contribution >= 4 is 33.3 Å². The number of benzene rings is 1. The van der Waals surface area contributed by atoms with Gasteiger partial charge >= 0.3 is 0 Å². The molecule has 0 unspecified atom stereocenters. The maximum Gasteiger partial charge on any atom is 0.224 e. The second-order valence-corrected chi connectivity index (χ2v) is 4.97. The van der Waals surface area contributed by atoms with Crippen molar-refractivity contribution in [2.45, 2.75) is 13.3 Å². The molecule has 0 spiro atoms. The molecule has 0 radical (unpaired) electrons. The van der Waals surface area contributed by atoms with Crippen LogP contribution in [0.2, 0.25) is 5.02 Å². The van der Waals surface area contributed by atoms with Crippen LogP contribution in [-0.2, 0) is 6.42 Å². The van der Waals surface area contributed by atoms with Gasteiger partial charge in [0.1, 0.15) is 17.4 Å². The number of ether oxygens (including phenoxy) is 1. The van der Waals surface area contributed by atoms with E-state index in [4.69, 9.17) is 22.2 Å². The highest BCUT2D eigenvalue weighted by atomic mass is 79.9. The van der Waals surface area contributed by atoms with Gasteiger partial charge in [0.15, 0.2) is 0 Å². The number of aryl methyl sites for hydroxylation is 1. The van der Waals surface area contributed by atoms with E-state index in [-0.39, 0.29) is 0 Å². The minimum Gasteiger partial charge on any atom is -0.438 e. The number of anilines is 1. The van der Waals surface area contributed by atoms with E-state index in [0.717, 1.165) is 4.47 Å². The lowest BCUT2D eigenvalue weighted by atomic mass is 10.3. The summed E-state index contributed by atoms with van der Waals surface area (Å²) in [6.45, 7) is 1.96. The number of hydrogen-bond acceptors (Lipinski definition) is 5. The number of hydrazine groups is 1. The van der Waals surface area contributed by atoms with Gasteiger partial charge in [-0.05, 0) is 34.1 Å². The number of nitrogens with two attached hydrogens (primary N) is 1. The normalized spacial score (nSPS) is 10.3. The van der Waals surface area contributed by atoms with Crippen LogP contribution in [0.3, 0.4) is 0 Å². The van der Waals surface area contributed by atoms with Crippen molar-refractivity contribution in [1.82, 2.24) is 9.97 Å². The summed E-state index contributed by atoms with van der Waals surface area (Å²) in [6, 6.07) is 6.88. The number of nitrogens with one attached hydrogen (secondary N) is 1. The number of nitrogen functional groups attached to an aromatic ring is 1. The number of nitrogens with zero attached hydrogens (tertiary/aromatic N) is 2. The summed E-state index contributed by atoms with van der Waals surface area (Å²) in [5.74, 6) is 7.56. The molecule has 3 N–H and O–H groups in total. The van der Waals surface area contributed by atoms with Crippen molar-refractivity contribution in [3.63, 3.8) is 0 Å². The molecule has 5 nitrogen and oxygen atoms in total. The fourth-order valence-electron chi connectivity index (χ4n) is 1.43. The Hall–Kier alpha value is -1.37. The van der Waals surface area contributed by atoms with Crippen LogP contribution in [0.4, 0.5) is 5.82 Å². The summed E-state index contributed by atoms with van der Waals surface area (Å²) in [5, 5.41) is 0.625. The van der Waals surface area contributed by atoms with Crippen molar-refractivity contribution in [2.75, 3.05) is 5.43 Å². The molecule has 0 saturated heterocycles. The van der Waals surface area contributed by atoms with Crippen molar-refractivity contribution in [2.24, 2.45) is 5.84 Å². The first kappa shape index (κ1) is 14.0. The average molecular weight is 344 g/mol. The minimum absolute atomic E-state index is 0.419. The third-order valence-corrected chi connectivity index (χ3v) is 3.18. The lowest BCUT2D eigenvalue weighted by molar-refractivity contribution is 0.456. The predicted molar refractivity (Wildman–Crippen MR) is 78.4 cm³/mol. The Labute approximate surface area is 124 Å². The second-order valence-electron chi connectivity index (χ2n) is 3.68. The van der Waals surface area contributed by atoms with Crippen LogP contribution in [-0.4, -0.2) is 9.97 Å². The molecule has 2 rings (SSSR count). The van der Waals surface area contributed by atoms with Crippen molar-refractivity contribution < 1.29 is 4.74 Å². The van der Waals surface area contributed by atoms with Gasteiger partial charge in [-0.2, -0.15) is 4.98 Å². The van der Waals surface area contributed by atoms with Crippen LogP contribution >= 0.6 is 27.5 Å². The molecule has 0 aliphatic carbocycles. The molecule has 0 bridgehead atoms. The first-order chi connectivity index (χ1) is 9.12. The van der Waals surface area contributed by atoms with Crippen molar-refractivity contribution in [3.8, 4) is 11.6 Å². The van der Waals surface area contributed by atoms with E-state index < -0.39 is 0 Å². The standard InChI is InChI=1S/C12H12BrClN4O/c1-2-10-16-11(18-15)6-12(17-10)19-9-4-3-7(14)5-8(9)13/h3-6H,2,15H2,1H3,(H,16,17,18). The summed E-state index contributed by atoms with van der Waals surface area (Å²) in [7, 11) is 0. The molecule has 2 aromatic rings. The molecule has 0 fully saturated rings. The first-order valence-electron chi connectivity index (χ1n) is 5.60. The summed E-state index contributed by atoms with van der Waals surface area (Å²) in [6.07, 6.45) is 0.688. The molecule has 1 aromatic heterocycles. The van der Waals surface area contributed by atoms with E-state index in [9.17, 15) is 0 Å². The van der Waals surface area contributed by atoms with E-state index >= 15 is 0 Å². The Balaban J connectivity index is 2.31. The van der Waals surface area contributed by atoms with E-state index in [0.29, 0.717) is 34.7 Å². The van der Waals surface area contributed by atoms with Crippen LogP contribution in [0.1, 0.15) is 12.7 Å². The summed E-state index contributed by atoms with van der Waals surface area (Å²) in [5.41, 5.74) is 2.49. The van der Waals surface area contributed by atoms with Gasteiger partial charge in [0.05, 0.1) is 4.47 Å². The highest BCUT2D eigenvalue weighted by molar-refractivity contribution is 9.10. The quantitative estimate of drug-likeness (QED) is 0.656. The fourth-order valence-corrected chi connectivity index (χ4v) is 2.19. The van der Waals surface area contributed by atoms with Crippen LogP contribution in [0.5, 0.6) is 11.6 Å². The first-order valence-corrected chi connectivity index (χ1v) is 6.77. The summed E-state index contributed by atoms with van der Waals surface area (Å²) < 4.78 is 6.45. The molecule has 100 valence electrons. The summed E-state index contributed by atoms with van der Waals surface area (Å²) in [4.78, 5) is 8.46. The van der Waals surface area contributed by atoms with Crippen molar-refractivity contribution in [3.05, 3.63) is 39.6 Å². The van der Waals surface area contributed by atoms with Crippen LogP contribution in [0, 0.1) is 0 Å². The van der Waals surface area contributed by atoms with Crippen molar-refractivity contribution in [1.29, 1.82) is 0 Å². The van der Waals surface area contributed by atoms with Gasteiger partial charge in [-0.1, -0.05) is 18.5 Å². The van der Waals surface area contributed by atoms with Crippen LogP contribution < -0.4 is 16.0 Å². The highest BCUT2D eigenvalue weighted by Gasteiger charge is 2.08. The molecule has 0 atom stereocenters. The number of aromatic nitrogens is 2. The Kier molecular flexibility index (Phi) is 4.57. The molecule has 0 saturated carbocycles. The third kappa shape index (κ3) is 3.56. The van der Waals surface area contributed by atoms with E-state index in [1.807, 2.05) is 6.92 Å². The zero-order chi connectivity index (χ0) is 13.8. The SMILES string of the molecule is CCc1nc(NN)cc(Oc2ccc(Cl)cc2Br)n1. The molecule has 19 heavy (non-hydrogen) atoms. The molecule has 0 aliphatic rings. The van der Waals surface area contributed by atoms with E-state index in [1.165, 1.54) is 0 Å². The monoisotopic (exact) mass is 342 g/mol. The van der Waals surface area contributed by atoms with Crippen LogP contribution in [0.25, 0.3) is 0 Å². The predicted octanol–water partition coefficient (Wildman–Crippen LogP) is 3.53. The maximum absolute atomic E-state index is 5.88. The van der Waals surface area contributed by atoms with Gasteiger partial charge in [0.2, 0.25) is 5.88 Å². The zero-order valence-corrected chi connectivity index (χ0v) is 12.5. The van der Waals surface area contributed by atoms with Gasteiger partial charge in [0.25, 0.3) is 0 Å². The Morgan fingerprint density at radius 2 is 2.16 bits per heavy atom. The largest absolute Gasteiger partial charge is 0.438 e. The van der Waals surface area contributed by atoms with Gasteiger partial charge in [-0.15, -0.1) is 0 Å². The topological polar surface area (TPSA) is 73.1 Å². The Morgan fingerprint density at radius 3 is 2.79 bits per heavy atom. The smallest absolute Gasteiger partial charge is 0.224 e. The number of hydrogen-bond donors (Lipinski definition) is 2. The molecule has 0 amide bonds. The Morgan fingerprint density at radius 1 is 1.37 bits per heavy atom. The Bertz CT molecular complexity index is 572. The maximum atomic E-state index is 5.88. The highest BCUT2D eigenvalue weighted by Crippen LogP contribution is 2.31. The second kappa shape index (κ2) is 6.18. The molecule has 1 aromatic carbocycles. The molecule has 0 aliphatic heterocycles. The lowest BCUT2D eigenvalue weighted by Crippen LogP contribution is -2.10. The van der Waals surface area contributed by atoms with E-state index in [1.54, 1.807) is 24.3 Å². The molecule has 7 heteroatoms. The van der Waals surface area contributed by atoms with Gasteiger partial charge in [-0.3, -0.25) is 0 Å². The number of halogens is 2. The zero-order valence-electron chi connectivity index (χ0n) is 10.2.